The minimum Gasteiger partial charge on any atom is -0.507 e. The van der Waals surface area contributed by atoms with Crippen molar-refractivity contribution in [1.82, 2.24) is 0 Å². The van der Waals surface area contributed by atoms with Crippen molar-refractivity contribution in [2.24, 2.45) is 0 Å². The van der Waals surface area contributed by atoms with Crippen molar-refractivity contribution < 1.29 is 29.3 Å². The van der Waals surface area contributed by atoms with Gasteiger partial charge in [-0.15, -0.1) is 0 Å². The molecule has 0 aliphatic heterocycles. The molecule has 2 aromatic rings. The van der Waals surface area contributed by atoms with Gasteiger partial charge in [0.25, 0.3) is 0 Å². The van der Waals surface area contributed by atoms with E-state index in [4.69, 9.17) is 26.2 Å². The Kier molecular flexibility index (Phi) is 8.99. The van der Waals surface area contributed by atoms with Gasteiger partial charge in [0.1, 0.15) is 17.2 Å². The Balaban J connectivity index is 1.72. The third kappa shape index (κ3) is 6.39. The summed E-state index contributed by atoms with van der Waals surface area (Å²) in [5, 5.41) is 19.4. The van der Waals surface area contributed by atoms with E-state index >= 15 is 0 Å². The molecule has 0 atom stereocenters. The van der Waals surface area contributed by atoms with E-state index in [9.17, 15) is 14.7 Å². The summed E-state index contributed by atoms with van der Waals surface area (Å²) in [5.74, 6) is -0.0391. The van der Waals surface area contributed by atoms with Crippen LogP contribution < -0.4 is 9.47 Å². The number of phenols is 1. The maximum Gasteiger partial charge on any atom is 0.337 e. The first-order chi connectivity index (χ1) is 14.3. The lowest BCUT2D eigenvalue weighted by Crippen LogP contribution is -2.04. The van der Waals surface area contributed by atoms with Crippen molar-refractivity contribution in [1.29, 1.82) is 0 Å². The third-order valence-corrected chi connectivity index (χ3v) is 4.96. The highest BCUT2D eigenvalue weighted by Crippen LogP contribution is 2.31. The number of carboxylic acids is 1. The van der Waals surface area contributed by atoms with Crippen molar-refractivity contribution in [3.8, 4) is 17.2 Å². The van der Waals surface area contributed by atoms with Crippen LogP contribution in [-0.2, 0) is 0 Å². The number of halogens is 1. The van der Waals surface area contributed by atoms with E-state index in [1.165, 1.54) is 12.1 Å². The number of rotatable bonds is 12. The van der Waals surface area contributed by atoms with E-state index in [1.807, 2.05) is 6.92 Å². The van der Waals surface area contributed by atoms with Gasteiger partial charge in [0, 0.05) is 12.0 Å². The maximum atomic E-state index is 12.0. The van der Waals surface area contributed by atoms with Crippen LogP contribution in [0.25, 0.3) is 0 Å². The third-order valence-electron chi connectivity index (χ3n) is 4.64. The standard InChI is InChI=1S/C23H27ClO6/c1-3-7-20(25)18-10-11-21(15(2)22(18)26)30-13-6-4-5-12-29-16-8-9-17(23(27)28)19(24)14-16/h8-11,14,26H,3-7,12-13H2,1-2H3,(H,27,28). The highest BCUT2D eigenvalue weighted by atomic mass is 35.5. The Morgan fingerprint density at radius 2 is 1.67 bits per heavy atom. The molecule has 0 unspecified atom stereocenters. The average Bonchev–Trinajstić information content (AvgIpc) is 2.70. The number of unbranched alkanes of at least 4 members (excludes halogenated alkanes) is 2. The molecule has 2 rings (SSSR count). The number of hydrogen-bond acceptors (Lipinski definition) is 5. The molecule has 30 heavy (non-hydrogen) atoms. The van der Waals surface area contributed by atoms with Gasteiger partial charge < -0.3 is 19.7 Å². The maximum absolute atomic E-state index is 12.0. The second-order valence-electron chi connectivity index (χ2n) is 6.96. The summed E-state index contributed by atoms with van der Waals surface area (Å²) in [7, 11) is 0. The lowest BCUT2D eigenvalue weighted by Gasteiger charge is -2.13. The van der Waals surface area contributed by atoms with E-state index in [-0.39, 0.29) is 22.1 Å². The largest absolute Gasteiger partial charge is 0.507 e. The quantitative estimate of drug-likeness (QED) is 0.330. The fourth-order valence-electron chi connectivity index (χ4n) is 2.94. The minimum atomic E-state index is -1.07. The second-order valence-corrected chi connectivity index (χ2v) is 7.37. The van der Waals surface area contributed by atoms with Crippen LogP contribution in [0, 0.1) is 6.92 Å². The van der Waals surface area contributed by atoms with Crippen molar-refractivity contribution in [2.75, 3.05) is 13.2 Å². The van der Waals surface area contributed by atoms with Crippen LogP contribution in [0.2, 0.25) is 5.02 Å². The Bertz CT molecular complexity index is 894. The van der Waals surface area contributed by atoms with E-state index < -0.39 is 5.97 Å². The fraction of sp³-hybridized carbons (Fsp3) is 0.391. The van der Waals surface area contributed by atoms with Crippen molar-refractivity contribution in [3.63, 3.8) is 0 Å². The van der Waals surface area contributed by atoms with Gasteiger partial charge >= 0.3 is 5.97 Å². The molecular formula is C23H27ClO6. The summed E-state index contributed by atoms with van der Waals surface area (Å²) in [6, 6.07) is 7.85. The molecule has 0 aliphatic rings. The number of Topliss-reactive ketones (excluding diaryl/α,β-unsaturated/α-hetero) is 1. The van der Waals surface area contributed by atoms with E-state index in [2.05, 4.69) is 0 Å². The van der Waals surface area contributed by atoms with Gasteiger partial charge in [0.15, 0.2) is 5.78 Å². The molecule has 2 N–H and O–H groups in total. The fourth-order valence-corrected chi connectivity index (χ4v) is 3.19. The number of hydrogen-bond donors (Lipinski definition) is 2. The summed E-state index contributed by atoms with van der Waals surface area (Å²) in [6.45, 7) is 4.63. The summed E-state index contributed by atoms with van der Waals surface area (Å²) in [4.78, 5) is 23.0. The molecule has 0 heterocycles. The number of aromatic carboxylic acids is 1. The summed E-state index contributed by atoms with van der Waals surface area (Å²) in [6.07, 6.45) is 3.62. The molecular weight excluding hydrogens is 408 g/mol. The molecule has 0 saturated carbocycles. The van der Waals surface area contributed by atoms with Gasteiger partial charge in [-0.1, -0.05) is 18.5 Å². The van der Waals surface area contributed by atoms with Crippen LogP contribution in [-0.4, -0.2) is 35.2 Å². The van der Waals surface area contributed by atoms with Crippen LogP contribution in [0.4, 0.5) is 0 Å². The molecule has 0 aromatic heterocycles. The lowest BCUT2D eigenvalue weighted by molar-refractivity contribution is 0.0696. The zero-order valence-corrected chi connectivity index (χ0v) is 18.0. The zero-order chi connectivity index (χ0) is 22.1. The minimum absolute atomic E-state index is 0.00747. The van der Waals surface area contributed by atoms with Gasteiger partial charge in [0.05, 0.1) is 29.4 Å². The van der Waals surface area contributed by atoms with Gasteiger partial charge in [0.2, 0.25) is 0 Å². The number of carbonyl (C=O) groups excluding carboxylic acids is 1. The normalized spacial score (nSPS) is 10.6. The molecule has 6 nitrogen and oxygen atoms in total. The predicted molar refractivity (Wildman–Crippen MR) is 115 cm³/mol. The van der Waals surface area contributed by atoms with Crippen LogP contribution in [0.15, 0.2) is 30.3 Å². The van der Waals surface area contributed by atoms with Gasteiger partial charge in [-0.3, -0.25) is 4.79 Å². The molecule has 2 aromatic carbocycles. The van der Waals surface area contributed by atoms with Gasteiger partial charge in [-0.2, -0.15) is 0 Å². The smallest absolute Gasteiger partial charge is 0.337 e. The summed E-state index contributed by atoms with van der Waals surface area (Å²) in [5.41, 5.74) is 0.961. The van der Waals surface area contributed by atoms with Crippen LogP contribution >= 0.6 is 11.6 Å². The Morgan fingerprint density at radius 1 is 1.00 bits per heavy atom. The first-order valence-electron chi connectivity index (χ1n) is 9.99. The van der Waals surface area contributed by atoms with E-state index in [1.54, 1.807) is 25.1 Å². The molecule has 0 fully saturated rings. The van der Waals surface area contributed by atoms with Crippen LogP contribution in [0.5, 0.6) is 17.2 Å². The lowest BCUT2D eigenvalue weighted by atomic mass is 10.0. The predicted octanol–water partition coefficient (Wildman–Crippen LogP) is 5.66. The van der Waals surface area contributed by atoms with Crippen molar-refractivity contribution in [3.05, 3.63) is 52.0 Å². The number of carboxylic acid groups (broad SMARTS) is 1. The monoisotopic (exact) mass is 434 g/mol. The summed E-state index contributed by atoms with van der Waals surface area (Å²) < 4.78 is 11.3. The SMILES string of the molecule is CCCC(=O)c1ccc(OCCCCCOc2ccc(C(=O)O)c(Cl)c2)c(C)c1O. The number of phenolic OH excluding ortho intramolecular Hbond substituents is 1. The van der Waals surface area contributed by atoms with E-state index in [0.717, 1.165) is 25.7 Å². The molecule has 0 bridgehead atoms. The van der Waals surface area contributed by atoms with Crippen LogP contribution in [0.3, 0.4) is 0 Å². The molecule has 0 saturated heterocycles. The molecule has 0 aliphatic carbocycles. The van der Waals surface area contributed by atoms with E-state index in [0.29, 0.717) is 42.3 Å². The average molecular weight is 435 g/mol. The number of benzene rings is 2. The molecule has 0 spiro atoms. The molecule has 7 heteroatoms. The Morgan fingerprint density at radius 3 is 2.30 bits per heavy atom. The molecule has 162 valence electrons. The summed E-state index contributed by atoms with van der Waals surface area (Å²) >= 11 is 5.92. The second kappa shape index (κ2) is 11.5. The number of ketones is 1. The zero-order valence-electron chi connectivity index (χ0n) is 17.2. The number of ether oxygens (including phenoxy) is 2. The van der Waals surface area contributed by atoms with Crippen molar-refractivity contribution >= 4 is 23.4 Å². The Hall–Kier alpha value is -2.73. The number of carbonyl (C=O) groups is 2. The van der Waals surface area contributed by atoms with Crippen LogP contribution in [0.1, 0.15) is 65.3 Å². The molecule has 0 radical (unpaired) electrons. The Labute approximate surface area is 181 Å². The van der Waals surface area contributed by atoms with Gasteiger partial charge in [-0.25, -0.2) is 4.79 Å². The van der Waals surface area contributed by atoms with Gasteiger partial charge in [-0.05, 0) is 62.9 Å². The first kappa shape index (κ1) is 23.5. The highest BCUT2D eigenvalue weighted by Gasteiger charge is 2.15. The topological polar surface area (TPSA) is 93.1 Å². The highest BCUT2D eigenvalue weighted by molar-refractivity contribution is 6.33. The first-order valence-corrected chi connectivity index (χ1v) is 10.4. The molecule has 0 amide bonds. The van der Waals surface area contributed by atoms with Crippen molar-refractivity contribution in [2.45, 2.75) is 46.0 Å². The number of aromatic hydroxyl groups is 1.